The summed E-state index contributed by atoms with van der Waals surface area (Å²) in [6, 6.07) is 20.8. The number of carbonyl (C=O) groups excluding carboxylic acids is 4. The number of hydrogen-bond acceptors (Lipinski definition) is 26. The van der Waals surface area contributed by atoms with Crippen LogP contribution < -0.4 is 41.0 Å². The predicted octanol–water partition coefficient (Wildman–Crippen LogP) is 9.76. The van der Waals surface area contributed by atoms with Crippen LogP contribution in [-0.4, -0.2) is 205 Å². The molecule has 662 valence electrons. The van der Waals surface area contributed by atoms with Crippen molar-refractivity contribution in [3.05, 3.63) is 179 Å². The number of hydrogen-bond donors (Lipinski definition) is 7. The topological polar surface area (TPSA) is 496 Å². The van der Waals surface area contributed by atoms with Crippen LogP contribution in [0.2, 0.25) is 5.02 Å². The van der Waals surface area contributed by atoms with E-state index in [0.717, 1.165) is 105 Å². The number of benzene rings is 5. The lowest BCUT2D eigenvalue weighted by Gasteiger charge is -2.39. The van der Waals surface area contributed by atoms with Crippen LogP contribution >= 0.6 is 11.6 Å². The maximum Gasteiger partial charge on any atom is 0.416 e. The van der Waals surface area contributed by atoms with E-state index in [9.17, 15) is 92.3 Å². The number of anilines is 3. The fourth-order valence-corrected chi connectivity index (χ4v) is 17.0. The van der Waals surface area contributed by atoms with Crippen LogP contribution in [0.4, 0.5) is 51.7 Å². The number of primary sulfonamides is 2. The second-order valence-electron chi connectivity index (χ2n) is 32.1. The molecule has 7 fully saturated rings. The maximum atomic E-state index is 14.0. The van der Waals surface area contributed by atoms with Crippen molar-refractivity contribution in [3.63, 3.8) is 0 Å². The Labute approximate surface area is 709 Å². The molecule has 36 nitrogen and oxygen atoms in total. The number of amides is 4. The van der Waals surface area contributed by atoms with E-state index >= 15 is 0 Å². The van der Waals surface area contributed by atoms with Gasteiger partial charge in [-0.2, -0.15) is 17.6 Å². The first kappa shape index (κ1) is 91.6. The number of nitrogens with two attached hydrogens (primary N) is 3. The molecule has 3 unspecified atom stereocenters. The zero-order chi connectivity index (χ0) is 88.6. The smallest absolute Gasteiger partial charge is 0.416 e. The molecule has 4 aliphatic carbocycles. The van der Waals surface area contributed by atoms with Gasteiger partial charge in [0.15, 0.2) is 0 Å². The van der Waals surface area contributed by atoms with Gasteiger partial charge < -0.3 is 59.9 Å². The Morgan fingerprint density at radius 1 is 0.650 bits per heavy atom. The molecule has 3 atom stereocenters. The van der Waals surface area contributed by atoms with E-state index < -0.39 is 89.5 Å². The van der Waals surface area contributed by atoms with Crippen molar-refractivity contribution < 1.29 is 95.7 Å². The highest BCUT2D eigenvalue weighted by Gasteiger charge is 2.41. The van der Waals surface area contributed by atoms with E-state index in [-0.39, 0.29) is 111 Å². The number of nitro groups is 3. The van der Waals surface area contributed by atoms with Crippen LogP contribution in [0.15, 0.2) is 136 Å². The molecule has 0 bridgehead atoms. The van der Waals surface area contributed by atoms with Crippen LogP contribution in [0.25, 0.3) is 16.6 Å². The summed E-state index contributed by atoms with van der Waals surface area (Å²) in [4.78, 5) is 97.3. The summed E-state index contributed by atoms with van der Waals surface area (Å²) in [5.41, 5.74) is 7.04. The van der Waals surface area contributed by atoms with Gasteiger partial charge in [0.05, 0.1) is 66.6 Å². The number of nitro benzene ring substituents is 3. The molecule has 7 aromatic rings. The summed E-state index contributed by atoms with van der Waals surface area (Å²) < 4.78 is 150. The second kappa shape index (κ2) is 38.7. The summed E-state index contributed by atoms with van der Waals surface area (Å²) >= 11 is 6.54. The molecule has 10 N–H and O–H groups in total. The molecule has 8 aliphatic rings. The minimum atomic E-state index is -4.67. The Kier molecular flexibility index (Phi) is 28.8. The van der Waals surface area contributed by atoms with Gasteiger partial charge in [0.2, 0.25) is 43.6 Å². The number of alkyl halides is 3. The molecular weight excluding hydrogens is 1700 g/mol. The van der Waals surface area contributed by atoms with Gasteiger partial charge in [-0.25, -0.2) is 45.2 Å². The molecule has 44 heteroatoms. The molecule has 2 aromatic heterocycles. The minimum Gasteiger partial charge on any atom is -0.455 e. The van der Waals surface area contributed by atoms with E-state index in [1.165, 1.54) is 42.6 Å². The quantitative estimate of drug-likeness (QED) is 0.0168. The van der Waals surface area contributed by atoms with Gasteiger partial charge in [0.1, 0.15) is 48.7 Å². The van der Waals surface area contributed by atoms with Gasteiger partial charge in [-0.15, -0.1) is 0 Å². The standard InChI is InChI=1S/C49H52ClF3N8O8S.C15H20N4O6S.C9H16N2O2.C6H5FN2O4S/c1-48(2)13-11-33(40(23-48)38-8-5-34(20-41(38)50)49(51,52)53)27-58-15-17-59(18-16-58)35-6-9-39(44(21-35)69-36-19-32-12-14-54-45(32)56-25-36)46(62)57-70(66,67)37-7-10-42(43(22-37)61(64)65)55-24-30-26-60(29-68-28-30)47(63)31-3-4-31;16-26(23,24)12-3-4-13(14(5-12)19(21)22)17-6-10-7-18(9-25-8-10)15(20)11-1-2-11;10-3-7-4-11(6-13-5-7)9(12)8-1-2-8;7-5-2-1-4(14(8,12)13)3-6(5)9(10)11/h5-10,12,14,19-22,25,30-31,55H,3-4,11,13,15-18,23-24,26-29H2,1-2H3,(H,54,56)(H,57,62);3-5,10-11,17H,1-2,6-9H2,(H2,16,23,24);7-8H,1-6,10H2;1-3H,(H2,8,12,13). The Hall–Kier alpha value is -10.6. The third kappa shape index (κ3) is 24.3. The number of aromatic nitrogens is 2. The highest BCUT2D eigenvalue weighted by molar-refractivity contribution is 7.90. The zero-order valence-electron chi connectivity index (χ0n) is 66.9. The highest BCUT2D eigenvalue weighted by atomic mass is 35.5. The van der Waals surface area contributed by atoms with Gasteiger partial charge in [-0.3, -0.25) is 54.4 Å². The number of rotatable bonds is 24. The molecule has 123 heavy (non-hydrogen) atoms. The number of fused-ring (bicyclic) bond motifs is 1. The number of sulfonamides is 3. The summed E-state index contributed by atoms with van der Waals surface area (Å²) in [5, 5.41) is 50.2. The molecule has 0 spiro atoms. The predicted molar refractivity (Wildman–Crippen MR) is 441 cm³/mol. The number of H-pyrrole nitrogens is 1. The molecule has 0 radical (unpaired) electrons. The van der Waals surface area contributed by atoms with Gasteiger partial charge >= 0.3 is 11.9 Å². The number of aromatic amines is 1. The Morgan fingerprint density at radius 2 is 1.15 bits per heavy atom. The zero-order valence-corrected chi connectivity index (χ0v) is 70.1. The van der Waals surface area contributed by atoms with E-state index in [4.69, 9.17) is 46.6 Å². The third-order valence-electron chi connectivity index (χ3n) is 21.9. The average molecular weight is 1790 g/mol. The largest absolute Gasteiger partial charge is 0.455 e. The molecule has 3 saturated carbocycles. The second-order valence-corrected chi connectivity index (χ2v) is 37.3. The lowest BCUT2D eigenvalue weighted by molar-refractivity contribution is -0.387. The Balaban J connectivity index is 0.000000208. The monoisotopic (exact) mass is 1790 g/mol. The Morgan fingerprint density at radius 3 is 1.66 bits per heavy atom. The molecule has 6 heterocycles. The van der Waals surface area contributed by atoms with Gasteiger partial charge in [-0.05, 0) is 154 Å². The number of nitrogens with one attached hydrogen (secondary N) is 4. The highest BCUT2D eigenvalue weighted by Crippen LogP contribution is 2.47. The van der Waals surface area contributed by atoms with Crippen molar-refractivity contribution in [2.24, 2.45) is 56.9 Å². The fourth-order valence-electron chi connectivity index (χ4n) is 14.6. The van der Waals surface area contributed by atoms with Gasteiger partial charge in [0.25, 0.3) is 27.3 Å². The van der Waals surface area contributed by atoms with Crippen LogP contribution in [-0.2, 0) is 64.8 Å². The molecule has 4 amide bonds. The van der Waals surface area contributed by atoms with Crippen molar-refractivity contribution in [1.82, 2.24) is 34.3 Å². The molecule has 4 saturated heterocycles. The third-order valence-corrected chi connectivity index (χ3v) is 25.3. The van der Waals surface area contributed by atoms with Crippen molar-refractivity contribution in [2.45, 2.75) is 92.5 Å². The number of carbonyl (C=O) groups is 4. The lowest BCUT2D eigenvalue weighted by atomic mass is 9.72. The first-order valence-corrected chi connectivity index (χ1v) is 44.4. The normalized spacial score (nSPS) is 19.5. The van der Waals surface area contributed by atoms with Gasteiger partial charge in [0, 0.05) is 148 Å². The number of halogens is 5. The van der Waals surface area contributed by atoms with Crippen molar-refractivity contribution in [2.75, 3.05) is 128 Å². The van der Waals surface area contributed by atoms with Crippen LogP contribution in [0.5, 0.6) is 11.5 Å². The summed E-state index contributed by atoms with van der Waals surface area (Å²) in [6.45, 7) is 12.6. The maximum absolute atomic E-state index is 14.0. The van der Waals surface area contributed by atoms with Crippen LogP contribution in [0.3, 0.4) is 0 Å². The van der Waals surface area contributed by atoms with E-state index in [1.54, 1.807) is 45.2 Å². The number of ether oxygens (including phenoxy) is 4. The van der Waals surface area contributed by atoms with E-state index in [0.29, 0.717) is 133 Å². The summed E-state index contributed by atoms with van der Waals surface area (Å²) in [7, 11) is -12.7. The van der Waals surface area contributed by atoms with E-state index in [2.05, 4.69) is 49.0 Å². The van der Waals surface area contributed by atoms with Crippen molar-refractivity contribution in [3.8, 4) is 11.5 Å². The first-order chi connectivity index (χ1) is 58.2. The molecule has 4 aliphatic heterocycles. The van der Waals surface area contributed by atoms with E-state index in [1.807, 2.05) is 0 Å². The first-order valence-electron chi connectivity index (χ1n) is 39.4. The number of pyridine rings is 1. The lowest BCUT2D eigenvalue weighted by Crippen LogP contribution is -2.47. The number of allylic oxidation sites excluding steroid dienone is 1. The summed E-state index contributed by atoms with van der Waals surface area (Å²) in [5.74, 6) is -0.882. The number of piperazine rings is 1. The fraction of sp³-hybridized carbons (Fsp3) is 0.456. The molecule has 5 aromatic carbocycles. The van der Waals surface area contributed by atoms with Crippen molar-refractivity contribution >= 4 is 116 Å². The Bertz CT molecular complexity index is 5560. The molecular formula is C79H93ClF4N16O20S3. The van der Waals surface area contributed by atoms with Crippen LogP contribution in [0.1, 0.15) is 93.1 Å². The van der Waals surface area contributed by atoms with Gasteiger partial charge in [-0.1, -0.05) is 37.1 Å². The number of nitrogens with zero attached hydrogens (tertiary/aromatic N) is 9. The average Bonchev–Trinajstić information content (AvgIpc) is 1.63. The SMILES string of the molecule is CC1(C)CCC(CN2CCN(c3ccc(C(=O)NS(=O)(=O)c4ccc(NCC5COCN(C(=O)C6CC6)C5)c([N+](=O)[O-])c4)c(Oc4cnc5[nH]ccc5c4)c3)CC2)=C(c2ccc(C(F)(F)F)cc2Cl)C1.NCC1COCN(C(=O)C2CC2)C1.NS(=O)(=O)c1ccc(F)c([N+](=O)[O-])c1.NS(=O)(=O)c1ccc(NCC2COCN(C(=O)C3CC3)C2)c([N+](=O)[O-])c1. The van der Waals surface area contributed by atoms with Crippen molar-refractivity contribution in [1.29, 1.82) is 0 Å². The summed E-state index contributed by atoms with van der Waals surface area (Å²) in [6.07, 6.45) is 6.71. The van der Waals surface area contributed by atoms with Crippen LogP contribution in [0, 0.1) is 77.1 Å². The molecule has 15 rings (SSSR count). The minimum absolute atomic E-state index is 0.0193.